The Labute approximate surface area is 98.3 Å². The van der Waals surface area contributed by atoms with E-state index in [1.165, 1.54) is 11.1 Å². The van der Waals surface area contributed by atoms with Crippen molar-refractivity contribution in [3.63, 3.8) is 0 Å². The molecule has 1 rings (SSSR count). The fourth-order valence-corrected chi connectivity index (χ4v) is 1.62. The van der Waals surface area contributed by atoms with Crippen LogP contribution in [0.5, 0.6) is 5.75 Å². The molecule has 0 aliphatic heterocycles. The Morgan fingerprint density at radius 1 is 1.33 bits per heavy atom. The van der Waals surface area contributed by atoms with Crippen LogP contribution in [0, 0.1) is 6.92 Å². The molecule has 0 amide bonds. The van der Waals surface area contributed by atoms with Crippen molar-refractivity contribution >= 4 is 12.6 Å². The van der Waals surface area contributed by atoms with Crippen molar-refractivity contribution in [2.75, 3.05) is 12.4 Å². The van der Waals surface area contributed by atoms with Crippen LogP contribution in [-0.2, 0) is 0 Å². The molecule has 0 unspecified atom stereocenters. The lowest BCUT2D eigenvalue weighted by Gasteiger charge is -2.14. The van der Waals surface area contributed by atoms with Gasteiger partial charge in [-0.2, -0.15) is 12.6 Å². The predicted molar refractivity (Wildman–Crippen MR) is 69.2 cm³/mol. The molecule has 15 heavy (non-hydrogen) atoms. The monoisotopic (exact) mass is 224 g/mol. The van der Waals surface area contributed by atoms with E-state index < -0.39 is 0 Å². The van der Waals surface area contributed by atoms with Crippen LogP contribution in [-0.4, -0.2) is 12.4 Å². The van der Waals surface area contributed by atoms with Crippen LogP contribution >= 0.6 is 12.6 Å². The lowest BCUT2D eigenvalue weighted by Crippen LogP contribution is -2.02. The first kappa shape index (κ1) is 12.4. The largest absolute Gasteiger partial charge is 0.493 e. The zero-order valence-corrected chi connectivity index (χ0v) is 10.7. The first-order chi connectivity index (χ1) is 7.15. The number of rotatable bonds is 5. The summed E-state index contributed by atoms with van der Waals surface area (Å²) in [6.45, 7) is 7.23. The summed E-state index contributed by atoms with van der Waals surface area (Å²) >= 11 is 4.17. The van der Waals surface area contributed by atoms with Crippen LogP contribution in [0.3, 0.4) is 0 Å². The molecule has 2 heteroatoms. The lowest BCUT2D eigenvalue weighted by molar-refractivity contribution is 0.314. The number of benzene rings is 1. The molecule has 0 heterocycles. The second-order valence-corrected chi connectivity index (χ2v) is 4.57. The van der Waals surface area contributed by atoms with E-state index in [0.717, 1.165) is 24.5 Å². The Kier molecular flexibility index (Phi) is 5.03. The number of hydrogen-bond acceptors (Lipinski definition) is 2. The highest BCUT2D eigenvalue weighted by molar-refractivity contribution is 7.80. The summed E-state index contributed by atoms with van der Waals surface area (Å²) in [6.07, 6.45) is 0.995. The van der Waals surface area contributed by atoms with E-state index in [0.29, 0.717) is 5.92 Å². The zero-order chi connectivity index (χ0) is 11.3. The van der Waals surface area contributed by atoms with E-state index in [2.05, 4.69) is 51.6 Å². The summed E-state index contributed by atoms with van der Waals surface area (Å²) in [5, 5.41) is 0. The van der Waals surface area contributed by atoms with Crippen molar-refractivity contribution in [2.24, 2.45) is 0 Å². The molecule has 0 bridgehead atoms. The van der Waals surface area contributed by atoms with Crippen LogP contribution in [0.4, 0.5) is 0 Å². The van der Waals surface area contributed by atoms with E-state index in [9.17, 15) is 0 Å². The normalized spacial score (nSPS) is 10.7. The van der Waals surface area contributed by atoms with E-state index in [-0.39, 0.29) is 0 Å². The van der Waals surface area contributed by atoms with E-state index in [4.69, 9.17) is 4.74 Å². The van der Waals surface area contributed by atoms with Gasteiger partial charge in [0.1, 0.15) is 5.75 Å². The van der Waals surface area contributed by atoms with Crippen LogP contribution in [0.1, 0.15) is 37.3 Å². The molecule has 0 fully saturated rings. The number of thiol groups is 1. The Balaban J connectivity index is 2.77. The molecule has 1 aromatic rings. The van der Waals surface area contributed by atoms with Gasteiger partial charge in [-0.05, 0) is 42.2 Å². The Hall–Kier alpha value is -0.630. The Morgan fingerprint density at radius 2 is 2.07 bits per heavy atom. The Morgan fingerprint density at radius 3 is 2.67 bits per heavy atom. The molecular formula is C13H20OS. The smallest absolute Gasteiger partial charge is 0.122 e. The van der Waals surface area contributed by atoms with Crippen LogP contribution in [0.2, 0.25) is 0 Å². The molecule has 0 aromatic heterocycles. The average Bonchev–Trinajstić information content (AvgIpc) is 2.18. The van der Waals surface area contributed by atoms with E-state index >= 15 is 0 Å². The molecule has 0 N–H and O–H groups in total. The number of hydrogen-bond donors (Lipinski definition) is 1. The standard InChI is InChI=1S/C13H20OS/c1-10(2)12-6-5-11(3)9-13(12)14-7-4-8-15/h5-6,9-10,15H,4,7-8H2,1-3H3. The van der Waals surface area contributed by atoms with Gasteiger partial charge in [0.2, 0.25) is 0 Å². The first-order valence-electron chi connectivity index (χ1n) is 5.49. The third-order valence-electron chi connectivity index (χ3n) is 2.35. The summed E-state index contributed by atoms with van der Waals surface area (Å²) in [5.74, 6) is 2.42. The van der Waals surface area contributed by atoms with E-state index in [1.807, 2.05) is 0 Å². The number of aryl methyl sites for hydroxylation is 1. The minimum atomic E-state index is 0.511. The summed E-state index contributed by atoms with van der Waals surface area (Å²) in [5.41, 5.74) is 2.54. The minimum Gasteiger partial charge on any atom is -0.493 e. The molecule has 84 valence electrons. The molecule has 1 nitrogen and oxygen atoms in total. The maximum atomic E-state index is 5.77. The SMILES string of the molecule is Cc1ccc(C(C)C)c(OCCCS)c1. The maximum Gasteiger partial charge on any atom is 0.122 e. The predicted octanol–water partition coefficient (Wildman–Crippen LogP) is 3.82. The molecule has 0 spiro atoms. The zero-order valence-electron chi connectivity index (χ0n) is 9.79. The van der Waals surface area contributed by atoms with Crippen LogP contribution in [0.15, 0.2) is 18.2 Å². The van der Waals surface area contributed by atoms with Gasteiger partial charge in [0, 0.05) is 0 Å². The third kappa shape index (κ3) is 3.78. The Bertz CT molecular complexity index is 307. The van der Waals surface area contributed by atoms with E-state index in [1.54, 1.807) is 0 Å². The van der Waals surface area contributed by atoms with Gasteiger partial charge >= 0.3 is 0 Å². The summed E-state index contributed by atoms with van der Waals surface area (Å²) in [4.78, 5) is 0. The van der Waals surface area contributed by atoms with Gasteiger partial charge < -0.3 is 4.74 Å². The summed E-state index contributed by atoms with van der Waals surface area (Å²) < 4.78 is 5.77. The van der Waals surface area contributed by atoms with Crippen molar-refractivity contribution in [3.8, 4) is 5.75 Å². The molecule has 0 aliphatic rings. The molecule has 0 aliphatic carbocycles. The molecule has 0 saturated heterocycles. The first-order valence-corrected chi connectivity index (χ1v) is 6.12. The molecule has 0 saturated carbocycles. The van der Waals surface area contributed by atoms with Crippen molar-refractivity contribution in [2.45, 2.75) is 33.1 Å². The average molecular weight is 224 g/mol. The summed E-state index contributed by atoms with van der Waals surface area (Å²) in [6, 6.07) is 6.42. The molecular weight excluding hydrogens is 204 g/mol. The van der Waals surface area contributed by atoms with Gasteiger partial charge in [-0.15, -0.1) is 0 Å². The second-order valence-electron chi connectivity index (χ2n) is 4.12. The van der Waals surface area contributed by atoms with Gasteiger partial charge in [0.25, 0.3) is 0 Å². The van der Waals surface area contributed by atoms with Crippen LogP contribution in [0.25, 0.3) is 0 Å². The number of ether oxygens (including phenoxy) is 1. The van der Waals surface area contributed by atoms with Crippen molar-refractivity contribution < 1.29 is 4.74 Å². The second kappa shape index (κ2) is 6.06. The van der Waals surface area contributed by atoms with Crippen molar-refractivity contribution in [1.29, 1.82) is 0 Å². The van der Waals surface area contributed by atoms with Gasteiger partial charge in [0.05, 0.1) is 6.61 Å². The highest BCUT2D eigenvalue weighted by Gasteiger charge is 2.07. The highest BCUT2D eigenvalue weighted by Crippen LogP contribution is 2.27. The van der Waals surface area contributed by atoms with Crippen molar-refractivity contribution in [3.05, 3.63) is 29.3 Å². The maximum absolute atomic E-state index is 5.77. The van der Waals surface area contributed by atoms with Crippen molar-refractivity contribution in [1.82, 2.24) is 0 Å². The fourth-order valence-electron chi connectivity index (χ4n) is 1.49. The topological polar surface area (TPSA) is 9.23 Å². The molecule has 1 aromatic carbocycles. The van der Waals surface area contributed by atoms with Gasteiger partial charge in [-0.3, -0.25) is 0 Å². The molecule has 0 atom stereocenters. The fraction of sp³-hybridized carbons (Fsp3) is 0.538. The van der Waals surface area contributed by atoms with Crippen LogP contribution < -0.4 is 4.74 Å². The van der Waals surface area contributed by atoms with Gasteiger partial charge in [-0.25, -0.2) is 0 Å². The minimum absolute atomic E-state index is 0.511. The summed E-state index contributed by atoms with van der Waals surface area (Å²) in [7, 11) is 0. The lowest BCUT2D eigenvalue weighted by atomic mass is 10.0. The van der Waals surface area contributed by atoms with Gasteiger partial charge in [0.15, 0.2) is 0 Å². The molecule has 0 radical (unpaired) electrons. The third-order valence-corrected chi connectivity index (χ3v) is 2.67. The van der Waals surface area contributed by atoms with Gasteiger partial charge in [-0.1, -0.05) is 26.0 Å². The quantitative estimate of drug-likeness (QED) is 0.591. The highest BCUT2D eigenvalue weighted by atomic mass is 32.1.